The fourth-order valence-electron chi connectivity index (χ4n) is 3.17. The van der Waals surface area contributed by atoms with Crippen LogP contribution >= 0.6 is 11.6 Å². The van der Waals surface area contributed by atoms with Gasteiger partial charge in [-0.25, -0.2) is 0 Å². The molecule has 0 spiro atoms. The van der Waals surface area contributed by atoms with Crippen molar-refractivity contribution in [3.63, 3.8) is 0 Å². The second-order valence-electron chi connectivity index (χ2n) is 6.10. The van der Waals surface area contributed by atoms with Crippen molar-refractivity contribution in [2.45, 2.75) is 26.1 Å². The minimum atomic E-state index is -0.363. The molecule has 3 nitrogen and oxygen atoms in total. The number of hydrogen-bond acceptors (Lipinski definition) is 3. The molecule has 0 bridgehead atoms. The first-order chi connectivity index (χ1) is 11.6. The largest absolute Gasteiger partial charge is 0.361 e. The molecule has 24 heavy (non-hydrogen) atoms. The maximum atomic E-state index is 13.0. The number of nitrogens with zero attached hydrogens (tertiary/aromatic N) is 1. The summed E-state index contributed by atoms with van der Waals surface area (Å²) in [7, 11) is 0. The summed E-state index contributed by atoms with van der Waals surface area (Å²) in [6, 6.07) is 15.5. The third kappa shape index (κ3) is 2.50. The van der Waals surface area contributed by atoms with Crippen LogP contribution in [0.3, 0.4) is 0 Å². The van der Waals surface area contributed by atoms with Crippen LogP contribution in [0.1, 0.15) is 23.0 Å². The Balaban J connectivity index is 2.05. The van der Waals surface area contributed by atoms with Crippen molar-refractivity contribution < 1.29 is 9.53 Å². The predicted molar refractivity (Wildman–Crippen MR) is 95.6 cm³/mol. The molecule has 0 amide bonds. The molecule has 0 N–H and O–H groups in total. The van der Waals surface area contributed by atoms with Crippen LogP contribution in [-0.4, -0.2) is 23.0 Å². The average Bonchev–Trinajstić information content (AvgIpc) is 3.30. The summed E-state index contributed by atoms with van der Waals surface area (Å²) < 4.78 is 5.41. The van der Waals surface area contributed by atoms with Gasteiger partial charge in [0.25, 0.3) is 0 Å². The van der Waals surface area contributed by atoms with E-state index in [2.05, 4.69) is 4.98 Å². The van der Waals surface area contributed by atoms with Crippen LogP contribution in [0.5, 0.6) is 0 Å². The van der Waals surface area contributed by atoms with Gasteiger partial charge in [-0.3, -0.25) is 9.78 Å². The van der Waals surface area contributed by atoms with E-state index in [-0.39, 0.29) is 18.0 Å². The number of rotatable bonds is 3. The van der Waals surface area contributed by atoms with E-state index in [0.29, 0.717) is 16.3 Å². The van der Waals surface area contributed by atoms with Crippen LogP contribution in [0.2, 0.25) is 5.02 Å². The zero-order valence-electron chi connectivity index (χ0n) is 13.4. The molecule has 0 saturated carbocycles. The molecule has 0 radical (unpaired) electrons. The van der Waals surface area contributed by atoms with Crippen LogP contribution in [-0.2, 0) is 4.74 Å². The Labute approximate surface area is 145 Å². The number of Topliss-reactive ketones (excluding diaryl/α,β-unsaturated/α-hetero) is 1. The van der Waals surface area contributed by atoms with Gasteiger partial charge in [-0.2, -0.15) is 0 Å². The van der Waals surface area contributed by atoms with E-state index in [0.717, 1.165) is 22.0 Å². The molecule has 1 saturated heterocycles. The predicted octanol–water partition coefficient (Wildman–Crippen LogP) is 4.83. The lowest BCUT2D eigenvalue weighted by Crippen LogP contribution is -2.14. The molecule has 120 valence electrons. The molecule has 4 rings (SSSR count). The highest BCUT2D eigenvalue weighted by molar-refractivity contribution is 6.31. The molecule has 4 heteroatoms. The number of benzene rings is 2. The van der Waals surface area contributed by atoms with E-state index in [1.807, 2.05) is 62.4 Å². The van der Waals surface area contributed by atoms with Gasteiger partial charge in [-0.15, -0.1) is 0 Å². The van der Waals surface area contributed by atoms with Gasteiger partial charge in [0, 0.05) is 21.7 Å². The van der Waals surface area contributed by atoms with Gasteiger partial charge in [-0.1, -0.05) is 48.0 Å². The lowest BCUT2D eigenvalue weighted by Gasteiger charge is -2.15. The molecule has 1 aliphatic heterocycles. The van der Waals surface area contributed by atoms with E-state index in [1.54, 1.807) is 0 Å². The van der Waals surface area contributed by atoms with E-state index < -0.39 is 0 Å². The number of hydrogen-bond donors (Lipinski definition) is 0. The van der Waals surface area contributed by atoms with Crippen molar-refractivity contribution in [2.24, 2.45) is 0 Å². The van der Waals surface area contributed by atoms with Crippen LogP contribution in [0, 0.1) is 6.92 Å². The van der Waals surface area contributed by atoms with E-state index in [1.165, 1.54) is 0 Å². The Morgan fingerprint density at radius 2 is 1.88 bits per heavy atom. The molecule has 1 aromatic heterocycles. The maximum absolute atomic E-state index is 13.0. The average molecular weight is 338 g/mol. The van der Waals surface area contributed by atoms with Gasteiger partial charge in [0.15, 0.2) is 5.78 Å². The second-order valence-corrected chi connectivity index (χ2v) is 6.54. The Morgan fingerprint density at radius 1 is 1.17 bits per heavy atom. The van der Waals surface area contributed by atoms with Gasteiger partial charge < -0.3 is 4.74 Å². The minimum absolute atomic E-state index is 0.00297. The third-order valence-electron chi connectivity index (χ3n) is 4.41. The van der Waals surface area contributed by atoms with Crippen molar-refractivity contribution in [3.05, 3.63) is 64.8 Å². The number of ketones is 1. The highest BCUT2D eigenvalue weighted by atomic mass is 35.5. The zero-order chi connectivity index (χ0) is 16.8. The molecule has 1 fully saturated rings. The Bertz CT molecular complexity index is 953. The van der Waals surface area contributed by atoms with E-state index in [4.69, 9.17) is 16.3 Å². The molecule has 2 atom stereocenters. The van der Waals surface area contributed by atoms with E-state index >= 15 is 0 Å². The maximum Gasteiger partial charge on any atom is 0.196 e. The normalized spacial score (nSPS) is 19.5. The van der Waals surface area contributed by atoms with Crippen LogP contribution < -0.4 is 0 Å². The topological polar surface area (TPSA) is 42.5 Å². The number of carbonyl (C=O) groups excluding carboxylic acids is 1. The summed E-state index contributed by atoms with van der Waals surface area (Å²) in [5.74, 6) is 0.00297. The molecule has 0 aliphatic carbocycles. The highest BCUT2D eigenvalue weighted by Gasteiger charge is 2.43. The fraction of sp³-hybridized carbons (Fsp3) is 0.200. The van der Waals surface area contributed by atoms with Gasteiger partial charge in [-0.05, 0) is 31.5 Å². The molecular formula is C20H16ClNO2. The van der Waals surface area contributed by atoms with Crippen molar-refractivity contribution in [1.82, 2.24) is 4.98 Å². The summed E-state index contributed by atoms with van der Waals surface area (Å²) >= 11 is 6.12. The number of epoxide rings is 1. The fourth-order valence-corrected chi connectivity index (χ4v) is 3.34. The standard InChI is InChI=1S/C20H16ClNO2/c1-11-17(19(23)20-12(2)24-20)18(13-6-4-3-5-7-13)15-9-8-14(21)10-16(15)22-11/h3-10,12,20H,1-2H3/t12-,20+/m1/s1. The summed E-state index contributed by atoms with van der Waals surface area (Å²) in [4.78, 5) is 17.6. The second kappa shape index (κ2) is 5.69. The molecular weight excluding hydrogens is 322 g/mol. The summed E-state index contributed by atoms with van der Waals surface area (Å²) in [6.45, 7) is 3.78. The summed E-state index contributed by atoms with van der Waals surface area (Å²) in [6.07, 6.45) is -0.390. The number of halogens is 1. The zero-order valence-corrected chi connectivity index (χ0v) is 14.2. The van der Waals surface area contributed by atoms with Gasteiger partial charge in [0.05, 0.1) is 17.2 Å². The number of fused-ring (bicyclic) bond motifs is 1. The highest BCUT2D eigenvalue weighted by Crippen LogP contribution is 2.37. The smallest absolute Gasteiger partial charge is 0.196 e. The van der Waals surface area contributed by atoms with Gasteiger partial charge in [0.2, 0.25) is 0 Å². The van der Waals surface area contributed by atoms with Crippen molar-refractivity contribution in [2.75, 3.05) is 0 Å². The first kappa shape index (κ1) is 15.3. The van der Waals surface area contributed by atoms with Crippen LogP contribution in [0.4, 0.5) is 0 Å². The van der Waals surface area contributed by atoms with E-state index in [9.17, 15) is 4.79 Å². The molecule has 2 aromatic carbocycles. The number of aromatic nitrogens is 1. The minimum Gasteiger partial charge on any atom is -0.361 e. The lowest BCUT2D eigenvalue weighted by molar-refractivity contribution is 0.0953. The number of pyridine rings is 1. The van der Waals surface area contributed by atoms with Crippen molar-refractivity contribution in [1.29, 1.82) is 0 Å². The van der Waals surface area contributed by atoms with Gasteiger partial charge in [0.1, 0.15) is 6.10 Å². The van der Waals surface area contributed by atoms with Crippen LogP contribution in [0.15, 0.2) is 48.5 Å². The number of ether oxygens (including phenoxy) is 1. The summed E-state index contributed by atoms with van der Waals surface area (Å²) in [5.41, 5.74) is 4.04. The Hall–Kier alpha value is -2.23. The number of aryl methyl sites for hydroxylation is 1. The molecule has 1 aliphatic rings. The van der Waals surface area contributed by atoms with Crippen LogP contribution in [0.25, 0.3) is 22.0 Å². The third-order valence-corrected chi connectivity index (χ3v) is 4.64. The lowest BCUT2D eigenvalue weighted by atomic mass is 9.91. The van der Waals surface area contributed by atoms with Crippen molar-refractivity contribution >= 4 is 28.3 Å². The monoisotopic (exact) mass is 337 g/mol. The van der Waals surface area contributed by atoms with Crippen molar-refractivity contribution in [3.8, 4) is 11.1 Å². The SMILES string of the molecule is Cc1nc2cc(Cl)ccc2c(-c2ccccc2)c1C(=O)[C@H]1O[C@@H]1C. The Morgan fingerprint density at radius 3 is 2.54 bits per heavy atom. The molecule has 3 aromatic rings. The first-order valence-electron chi connectivity index (χ1n) is 7.91. The summed E-state index contributed by atoms with van der Waals surface area (Å²) in [5, 5.41) is 1.56. The quantitative estimate of drug-likeness (QED) is 0.507. The number of carbonyl (C=O) groups is 1. The Kier molecular flexibility index (Phi) is 3.63. The first-order valence-corrected chi connectivity index (χ1v) is 8.29. The molecule has 2 heterocycles. The van der Waals surface area contributed by atoms with Gasteiger partial charge >= 0.3 is 0 Å². The molecule has 0 unspecified atom stereocenters.